The van der Waals surface area contributed by atoms with Gasteiger partial charge in [0.1, 0.15) is 5.60 Å². The molecule has 0 bridgehead atoms. The topological polar surface area (TPSA) is 60.2 Å². The van der Waals surface area contributed by atoms with Crippen molar-refractivity contribution in [2.24, 2.45) is 0 Å². The van der Waals surface area contributed by atoms with E-state index in [4.69, 9.17) is 9.26 Å². The molecule has 1 aromatic heterocycles. The summed E-state index contributed by atoms with van der Waals surface area (Å²) in [6, 6.07) is 4.86. The lowest BCUT2D eigenvalue weighted by Gasteiger charge is -2.32. The number of hydrogen-bond acceptors (Lipinski definition) is 5. The molecule has 0 amide bonds. The van der Waals surface area contributed by atoms with Gasteiger partial charge >= 0.3 is 6.18 Å². The number of aromatic nitrogens is 2. The predicted octanol–water partition coefficient (Wildman–Crippen LogP) is 2.98. The average Bonchev–Trinajstić information content (AvgIpc) is 3.05. The Morgan fingerprint density at radius 2 is 2.00 bits per heavy atom. The molecule has 0 radical (unpaired) electrons. The van der Waals surface area contributed by atoms with E-state index in [1.54, 1.807) is 7.11 Å². The first-order chi connectivity index (χ1) is 10.9. The third-order valence-corrected chi connectivity index (χ3v) is 4.07. The van der Waals surface area contributed by atoms with Gasteiger partial charge < -0.3 is 14.6 Å². The van der Waals surface area contributed by atoms with Gasteiger partial charge in [-0.25, -0.2) is 0 Å². The fourth-order valence-electron chi connectivity index (χ4n) is 2.70. The van der Waals surface area contributed by atoms with E-state index in [1.165, 1.54) is 12.1 Å². The van der Waals surface area contributed by atoms with Gasteiger partial charge in [0.15, 0.2) is 0 Å². The molecule has 1 aromatic carbocycles. The molecular formula is C15H16F3N3O2. The third kappa shape index (κ3) is 3.09. The first kappa shape index (κ1) is 15.9. The molecule has 0 spiro atoms. The van der Waals surface area contributed by atoms with Crippen LogP contribution in [0.1, 0.15) is 24.3 Å². The van der Waals surface area contributed by atoms with Crippen LogP contribution in [0.3, 0.4) is 0 Å². The Hall–Kier alpha value is -1.93. The Morgan fingerprint density at radius 1 is 1.26 bits per heavy atom. The SMILES string of the molecule is COC1(c2nc(-c3cccc(C(F)(F)F)c3)no2)CCNCC1. The molecule has 1 aliphatic heterocycles. The fraction of sp³-hybridized carbons (Fsp3) is 0.467. The number of hydrogen-bond donors (Lipinski definition) is 1. The van der Waals surface area contributed by atoms with Gasteiger partial charge in [0.05, 0.1) is 5.56 Å². The van der Waals surface area contributed by atoms with Crippen LogP contribution in [-0.4, -0.2) is 30.3 Å². The van der Waals surface area contributed by atoms with Gasteiger partial charge in [0, 0.05) is 12.7 Å². The molecule has 124 valence electrons. The van der Waals surface area contributed by atoms with Gasteiger partial charge in [0.2, 0.25) is 5.82 Å². The van der Waals surface area contributed by atoms with E-state index >= 15 is 0 Å². The Balaban J connectivity index is 1.93. The van der Waals surface area contributed by atoms with Crippen molar-refractivity contribution in [3.8, 4) is 11.4 Å². The summed E-state index contributed by atoms with van der Waals surface area (Å²) in [6.45, 7) is 1.49. The highest BCUT2D eigenvalue weighted by atomic mass is 19.4. The molecule has 3 rings (SSSR count). The molecule has 0 saturated carbocycles. The van der Waals surface area contributed by atoms with E-state index in [-0.39, 0.29) is 11.4 Å². The molecule has 1 fully saturated rings. The summed E-state index contributed by atoms with van der Waals surface area (Å²) in [5.41, 5.74) is -1.17. The monoisotopic (exact) mass is 327 g/mol. The Morgan fingerprint density at radius 3 is 2.65 bits per heavy atom. The summed E-state index contributed by atoms with van der Waals surface area (Å²) in [7, 11) is 1.57. The minimum atomic E-state index is -4.41. The smallest absolute Gasteiger partial charge is 0.368 e. The minimum absolute atomic E-state index is 0.126. The summed E-state index contributed by atoms with van der Waals surface area (Å²) in [5, 5.41) is 7.04. The largest absolute Gasteiger partial charge is 0.416 e. The highest BCUT2D eigenvalue weighted by Gasteiger charge is 2.39. The summed E-state index contributed by atoms with van der Waals surface area (Å²) in [5.74, 6) is 0.426. The molecule has 23 heavy (non-hydrogen) atoms. The van der Waals surface area contributed by atoms with Crippen molar-refractivity contribution in [3.05, 3.63) is 35.7 Å². The first-order valence-corrected chi connectivity index (χ1v) is 7.22. The van der Waals surface area contributed by atoms with Crippen molar-refractivity contribution in [2.75, 3.05) is 20.2 Å². The van der Waals surface area contributed by atoms with Crippen LogP contribution in [0.5, 0.6) is 0 Å². The maximum atomic E-state index is 12.8. The van der Waals surface area contributed by atoms with Crippen molar-refractivity contribution < 1.29 is 22.4 Å². The molecule has 0 unspecified atom stereocenters. The highest BCUT2D eigenvalue weighted by molar-refractivity contribution is 5.55. The summed E-state index contributed by atoms with van der Waals surface area (Å²) >= 11 is 0. The summed E-state index contributed by atoms with van der Waals surface area (Å²) in [6.07, 6.45) is -3.09. The van der Waals surface area contributed by atoms with Crippen LogP contribution < -0.4 is 5.32 Å². The number of alkyl halides is 3. The molecule has 1 aliphatic rings. The number of piperidine rings is 1. The lowest BCUT2D eigenvalue weighted by atomic mass is 9.92. The standard InChI is InChI=1S/C15H16F3N3O2/c1-22-14(5-7-19-8-6-14)13-20-12(21-23-13)10-3-2-4-11(9-10)15(16,17)18/h2-4,9,19H,5-8H2,1H3. The zero-order valence-corrected chi connectivity index (χ0v) is 12.5. The maximum Gasteiger partial charge on any atom is 0.416 e. The fourth-order valence-corrected chi connectivity index (χ4v) is 2.70. The summed E-state index contributed by atoms with van der Waals surface area (Å²) in [4.78, 5) is 4.27. The van der Waals surface area contributed by atoms with E-state index in [9.17, 15) is 13.2 Å². The van der Waals surface area contributed by atoms with Crippen molar-refractivity contribution >= 4 is 0 Å². The van der Waals surface area contributed by atoms with Gasteiger partial charge in [-0.2, -0.15) is 18.2 Å². The number of methoxy groups -OCH3 is 1. The molecule has 1 saturated heterocycles. The number of benzene rings is 1. The molecular weight excluding hydrogens is 311 g/mol. The average molecular weight is 327 g/mol. The lowest BCUT2D eigenvalue weighted by Crippen LogP contribution is -2.41. The van der Waals surface area contributed by atoms with E-state index in [0.717, 1.165) is 25.2 Å². The normalized spacial score (nSPS) is 18.1. The second-order valence-electron chi connectivity index (χ2n) is 5.45. The Bertz CT molecular complexity index is 679. The van der Waals surface area contributed by atoms with Crippen molar-refractivity contribution in [1.82, 2.24) is 15.5 Å². The van der Waals surface area contributed by atoms with E-state index < -0.39 is 17.3 Å². The number of ether oxygens (including phenoxy) is 1. The van der Waals surface area contributed by atoms with Crippen LogP contribution in [-0.2, 0) is 16.5 Å². The molecule has 5 nitrogen and oxygen atoms in total. The van der Waals surface area contributed by atoms with Crippen LogP contribution in [0.2, 0.25) is 0 Å². The van der Waals surface area contributed by atoms with Gasteiger partial charge in [-0.1, -0.05) is 17.3 Å². The maximum absolute atomic E-state index is 12.8. The van der Waals surface area contributed by atoms with E-state index in [0.29, 0.717) is 18.7 Å². The highest BCUT2D eigenvalue weighted by Crippen LogP contribution is 2.35. The number of halogens is 3. The zero-order valence-electron chi connectivity index (χ0n) is 12.5. The van der Waals surface area contributed by atoms with Gasteiger partial charge in [-0.3, -0.25) is 0 Å². The second kappa shape index (κ2) is 5.93. The van der Waals surface area contributed by atoms with Gasteiger partial charge in [-0.15, -0.1) is 0 Å². The molecule has 2 heterocycles. The second-order valence-corrected chi connectivity index (χ2v) is 5.45. The van der Waals surface area contributed by atoms with Crippen molar-refractivity contribution in [3.63, 3.8) is 0 Å². The van der Waals surface area contributed by atoms with Crippen LogP contribution in [0.4, 0.5) is 13.2 Å². The lowest BCUT2D eigenvalue weighted by molar-refractivity contribution is -0.137. The number of nitrogens with zero attached hydrogens (tertiary/aromatic N) is 2. The zero-order chi connectivity index (χ0) is 16.5. The van der Waals surface area contributed by atoms with Gasteiger partial charge in [0.25, 0.3) is 5.89 Å². The quantitative estimate of drug-likeness (QED) is 0.939. The third-order valence-electron chi connectivity index (χ3n) is 4.07. The van der Waals surface area contributed by atoms with Crippen LogP contribution in [0.15, 0.2) is 28.8 Å². The van der Waals surface area contributed by atoms with Gasteiger partial charge in [-0.05, 0) is 38.1 Å². The van der Waals surface area contributed by atoms with Crippen LogP contribution in [0, 0.1) is 0 Å². The molecule has 0 aliphatic carbocycles. The number of nitrogens with one attached hydrogen (secondary N) is 1. The Kier molecular flexibility index (Phi) is 4.11. The predicted molar refractivity (Wildman–Crippen MR) is 75.5 cm³/mol. The van der Waals surface area contributed by atoms with E-state index in [1.807, 2.05) is 0 Å². The van der Waals surface area contributed by atoms with Crippen molar-refractivity contribution in [2.45, 2.75) is 24.6 Å². The molecule has 2 aromatic rings. The van der Waals surface area contributed by atoms with Crippen LogP contribution in [0.25, 0.3) is 11.4 Å². The number of rotatable bonds is 3. The summed E-state index contributed by atoms with van der Waals surface area (Å²) < 4.78 is 49.3. The molecule has 0 atom stereocenters. The van der Waals surface area contributed by atoms with Crippen LogP contribution >= 0.6 is 0 Å². The minimum Gasteiger partial charge on any atom is -0.368 e. The van der Waals surface area contributed by atoms with E-state index in [2.05, 4.69) is 15.5 Å². The first-order valence-electron chi connectivity index (χ1n) is 7.22. The molecule has 8 heteroatoms. The van der Waals surface area contributed by atoms with Crippen molar-refractivity contribution in [1.29, 1.82) is 0 Å². The molecule has 1 N–H and O–H groups in total. The Labute approximate surface area is 130 Å².